The third-order valence-corrected chi connectivity index (χ3v) is 5.42. The molecule has 1 heterocycles. The highest BCUT2D eigenvalue weighted by Crippen LogP contribution is 2.20. The fourth-order valence-corrected chi connectivity index (χ4v) is 3.55. The Kier molecular flexibility index (Phi) is 8.00. The Morgan fingerprint density at radius 1 is 1.00 bits per heavy atom. The maximum absolute atomic E-state index is 13.0. The molecule has 2 aromatic rings. The Labute approximate surface area is 185 Å². The first-order valence-electron chi connectivity index (χ1n) is 10.2. The van der Waals surface area contributed by atoms with Gasteiger partial charge in [0.05, 0.1) is 6.54 Å². The zero-order valence-electron chi connectivity index (χ0n) is 17.0. The largest absolute Gasteiger partial charge is 0.492 e. The summed E-state index contributed by atoms with van der Waals surface area (Å²) >= 11 is 5.81. The Hall–Kier alpha value is -2.93. The lowest BCUT2D eigenvalue weighted by Crippen LogP contribution is -2.29. The van der Waals surface area contributed by atoms with Crippen LogP contribution in [0.1, 0.15) is 34.3 Å². The molecule has 1 N–H and O–H groups in total. The lowest BCUT2D eigenvalue weighted by Gasteiger charge is -2.14. The van der Waals surface area contributed by atoms with Crippen molar-refractivity contribution in [2.75, 3.05) is 26.2 Å². The average molecular weight is 447 g/mol. The van der Waals surface area contributed by atoms with Gasteiger partial charge in [0.1, 0.15) is 12.4 Å². The lowest BCUT2D eigenvalue weighted by atomic mass is 9.97. The molecule has 164 valence electrons. The van der Waals surface area contributed by atoms with E-state index in [0.717, 1.165) is 11.1 Å². The summed E-state index contributed by atoms with van der Waals surface area (Å²) in [4.78, 5) is 36.6. The standard InChI is InChI=1S/C23H24ClFN2O4/c24-19-3-5-20(6-4-19)31-14-11-26-22(29)8-7-21(28)18-2-1-16-9-12-27(23(25)30)13-10-17(16)15-18/h1-6,15H,7-14H2,(H,26,29). The van der Waals surface area contributed by atoms with Crippen LogP contribution >= 0.6 is 11.6 Å². The van der Waals surface area contributed by atoms with Gasteiger partial charge in [-0.15, -0.1) is 4.39 Å². The molecule has 1 aliphatic heterocycles. The van der Waals surface area contributed by atoms with Gasteiger partial charge in [-0.25, -0.2) is 4.79 Å². The van der Waals surface area contributed by atoms with Crippen LogP contribution in [0, 0.1) is 0 Å². The molecule has 6 nitrogen and oxygen atoms in total. The molecule has 3 rings (SSSR count). The number of amides is 2. The molecule has 0 unspecified atom stereocenters. The van der Waals surface area contributed by atoms with E-state index in [1.165, 1.54) is 4.90 Å². The van der Waals surface area contributed by atoms with Gasteiger partial charge >= 0.3 is 6.16 Å². The van der Waals surface area contributed by atoms with Crippen molar-refractivity contribution in [3.63, 3.8) is 0 Å². The van der Waals surface area contributed by atoms with Crippen LogP contribution in [0.2, 0.25) is 5.02 Å². The maximum Gasteiger partial charge on any atom is 0.400 e. The first kappa shape index (κ1) is 22.7. The molecule has 0 atom stereocenters. The van der Waals surface area contributed by atoms with Gasteiger partial charge in [-0.3, -0.25) is 9.59 Å². The number of hydrogen-bond acceptors (Lipinski definition) is 4. The highest BCUT2D eigenvalue weighted by molar-refractivity contribution is 6.30. The number of Topliss-reactive ketones (excluding diaryl/α,β-unsaturated/α-hetero) is 1. The van der Waals surface area contributed by atoms with Gasteiger partial charge in [-0.05, 0) is 54.3 Å². The second kappa shape index (κ2) is 10.9. The summed E-state index contributed by atoms with van der Waals surface area (Å²) in [7, 11) is 0. The second-order valence-corrected chi connectivity index (χ2v) is 7.74. The van der Waals surface area contributed by atoms with Crippen LogP contribution in [0.3, 0.4) is 0 Å². The molecule has 0 aromatic heterocycles. The van der Waals surface area contributed by atoms with Crippen molar-refractivity contribution < 1.29 is 23.5 Å². The first-order valence-corrected chi connectivity index (χ1v) is 10.5. The maximum atomic E-state index is 13.0. The molecule has 0 radical (unpaired) electrons. The molecule has 8 heteroatoms. The van der Waals surface area contributed by atoms with Gasteiger partial charge in [0.15, 0.2) is 5.78 Å². The molecule has 0 saturated carbocycles. The molecule has 0 saturated heterocycles. The summed E-state index contributed by atoms with van der Waals surface area (Å²) < 4.78 is 18.5. The summed E-state index contributed by atoms with van der Waals surface area (Å²) in [6.07, 6.45) is -0.187. The predicted molar refractivity (Wildman–Crippen MR) is 115 cm³/mol. The van der Waals surface area contributed by atoms with Crippen molar-refractivity contribution in [3.8, 4) is 5.75 Å². The molecular weight excluding hydrogens is 423 g/mol. The van der Waals surface area contributed by atoms with Crippen molar-refractivity contribution in [2.45, 2.75) is 25.7 Å². The van der Waals surface area contributed by atoms with E-state index >= 15 is 0 Å². The number of hydrogen-bond donors (Lipinski definition) is 1. The highest BCUT2D eigenvalue weighted by Gasteiger charge is 2.19. The van der Waals surface area contributed by atoms with E-state index in [-0.39, 0.29) is 24.5 Å². The molecule has 0 spiro atoms. The van der Waals surface area contributed by atoms with Gasteiger partial charge in [0, 0.05) is 36.5 Å². The van der Waals surface area contributed by atoms with E-state index in [0.29, 0.717) is 55.4 Å². The predicted octanol–water partition coefficient (Wildman–Crippen LogP) is 3.99. The van der Waals surface area contributed by atoms with E-state index in [1.54, 1.807) is 36.4 Å². The smallest absolute Gasteiger partial charge is 0.400 e. The quantitative estimate of drug-likeness (QED) is 0.288. The number of carbonyl (C=O) groups excluding carboxylic acids is 3. The van der Waals surface area contributed by atoms with Gasteiger partial charge < -0.3 is 15.0 Å². The van der Waals surface area contributed by atoms with E-state index in [2.05, 4.69) is 5.32 Å². The normalized spacial score (nSPS) is 13.2. The number of nitrogens with zero attached hydrogens (tertiary/aromatic N) is 1. The first-order chi connectivity index (χ1) is 14.9. The molecule has 2 aromatic carbocycles. The number of nitrogens with one attached hydrogen (secondary N) is 1. The zero-order chi connectivity index (χ0) is 22.2. The third kappa shape index (κ3) is 6.79. The summed E-state index contributed by atoms with van der Waals surface area (Å²) in [5.74, 6) is 0.314. The number of ether oxygens (including phenoxy) is 1. The van der Waals surface area contributed by atoms with Crippen LogP contribution in [-0.2, 0) is 17.6 Å². The van der Waals surface area contributed by atoms with E-state index in [4.69, 9.17) is 16.3 Å². The third-order valence-electron chi connectivity index (χ3n) is 5.16. The monoisotopic (exact) mass is 446 g/mol. The number of carbonyl (C=O) groups is 3. The molecule has 31 heavy (non-hydrogen) atoms. The summed E-state index contributed by atoms with van der Waals surface area (Å²) in [5, 5.41) is 3.35. The summed E-state index contributed by atoms with van der Waals surface area (Å²) in [6.45, 7) is 1.26. The Bertz CT molecular complexity index is 949. The van der Waals surface area contributed by atoms with Crippen LogP contribution in [0.25, 0.3) is 0 Å². The summed E-state index contributed by atoms with van der Waals surface area (Å²) in [6, 6.07) is 12.3. The van der Waals surface area contributed by atoms with E-state index in [1.807, 2.05) is 6.07 Å². The van der Waals surface area contributed by atoms with Crippen molar-refractivity contribution in [1.29, 1.82) is 0 Å². The SMILES string of the molecule is O=C(CCC(=O)c1ccc2c(c1)CCN(C(=O)F)CC2)NCCOc1ccc(Cl)cc1. The number of halogens is 2. The van der Waals surface area contributed by atoms with E-state index in [9.17, 15) is 18.8 Å². The summed E-state index contributed by atoms with van der Waals surface area (Å²) in [5.41, 5.74) is 2.48. The molecule has 0 aliphatic carbocycles. The number of ketones is 1. The van der Waals surface area contributed by atoms with Crippen molar-refractivity contribution >= 4 is 29.5 Å². The molecule has 0 bridgehead atoms. The lowest BCUT2D eigenvalue weighted by molar-refractivity contribution is -0.121. The molecular formula is C23H24ClFN2O4. The van der Waals surface area contributed by atoms with Crippen LogP contribution in [0.4, 0.5) is 9.18 Å². The van der Waals surface area contributed by atoms with Crippen LogP contribution in [0.15, 0.2) is 42.5 Å². The highest BCUT2D eigenvalue weighted by atomic mass is 35.5. The Morgan fingerprint density at radius 3 is 2.42 bits per heavy atom. The zero-order valence-corrected chi connectivity index (χ0v) is 17.8. The molecule has 0 fully saturated rings. The Balaban J connectivity index is 1.41. The molecule has 1 aliphatic rings. The van der Waals surface area contributed by atoms with Crippen molar-refractivity contribution in [1.82, 2.24) is 10.2 Å². The van der Waals surface area contributed by atoms with Gasteiger partial charge in [-0.1, -0.05) is 23.7 Å². The topological polar surface area (TPSA) is 75.7 Å². The van der Waals surface area contributed by atoms with Gasteiger partial charge in [-0.2, -0.15) is 0 Å². The number of rotatable bonds is 8. The van der Waals surface area contributed by atoms with Crippen molar-refractivity contribution in [2.24, 2.45) is 0 Å². The van der Waals surface area contributed by atoms with Gasteiger partial charge in [0.2, 0.25) is 5.91 Å². The van der Waals surface area contributed by atoms with Crippen LogP contribution < -0.4 is 10.1 Å². The second-order valence-electron chi connectivity index (χ2n) is 7.30. The van der Waals surface area contributed by atoms with Crippen molar-refractivity contribution in [3.05, 3.63) is 64.2 Å². The fraction of sp³-hybridized carbons (Fsp3) is 0.348. The fourth-order valence-electron chi connectivity index (χ4n) is 3.42. The number of benzene rings is 2. The minimum Gasteiger partial charge on any atom is -0.492 e. The Morgan fingerprint density at radius 2 is 1.71 bits per heavy atom. The van der Waals surface area contributed by atoms with E-state index < -0.39 is 6.16 Å². The average Bonchev–Trinajstić information content (AvgIpc) is 2.98. The van der Waals surface area contributed by atoms with Gasteiger partial charge in [0.25, 0.3) is 0 Å². The minimum atomic E-state index is -1.42. The minimum absolute atomic E-state index is 0.0843. The van der Waals surface area contributed by atoms with Crippen LogP contribution in [0.5, 0.6) is 5.75 Å². The number of fused-ring (bicyclic) bond motifs is 1. The van der Waals surface area contributed by atoms with Crippen LogP contribution in [-0.4, -0.2) is 49.0 Å². The molecule has 2 amide bonds.